The van der Waals surface area contributed by atoms with E-state index >= 15 is 0 Å². The number of hydrogen-bond donors (Lipinski definition) is 0. The van der Waals surface area contributed by atoms with Gasteiger partial charge in [0.2, 0.25) is 0 Å². The van der Waals surface area contributed by atoms with Gasteiger partial charge >= 0.3 is 0 Å². The summed E-state index contributed by atoms with van der Waals surface area (Å²) in [6, 6.07) is 56.0. The molecule has 0 atom stereocenters. The lowest BCUT2D eigenvalue weighted by atomic mass is 10.0. The number of rotatable bonds is 6. The summed E-state index contributed by atoms with van der Waals surface area (Å²) in [6.45, 7) is 2.26. The van der Waals surface area contributed by atoms with Crippen LogP contribution in [0.25, 0.3) is 76.9 Å². The molecule has 0 saturated heterocycles. The fourth-order valence-corrected chi connectivity index (χ4v) is 7.41. The average Bonchev–Trinajstić information content (AvgIpc) is 3.63. The summed E-state index contributed by atoms with van der Waals surface area (Å²) in [5.41, 5.74) is 11.2. The fourth-order valence-electron chi connectivity index (χ4n) is 7.41. The van der Waals surface area contributed by atoms with Crippen LogP contribution in [0.2, 0.25) is 0 Å². The number of para-hydroxylation sites is 2. The molecule has 0 aliphatic carbocycles. The molecule has 46 heavy (non-hydrogen) atoms. The Hall–Kier alpha value is -5.60. The van der Waals surface area contributed by atoms with Gasteiger partial charge in [-0.3, -0.25) is 0 Å². The van der Waals surface area contributed by atoms with Gasteiger partial charge < -0.3 is 9.13 Å². The molecule has 7 aromatic carbocycles. The van der Waals surface area contributed by atoms with Crippen molar-refractivity contribution in [1.29, 1.82) is 0 Å². The SMILES string of the molecule is CCCCc1cccc(-n2c3ccccc3c3cc(-c4ccc5c6ccccc6n(-c6ccc7ccccc7c6)c5c4)ccc32)c1. The minimum atomic E-state index is 1.12. The first-order valence-electron chi connectivity index (χ1n) is 16.4. The predicted octanol–water partition coefficient (Wildman–Crippen LogP) is 12.0. The van der Waals surface area contributed by atoms with Crippen LogP contribution in [-0.2, 0) is 6.42 Å². The summed E-state index contributed by atoms with van der Waals surface area (Å²) >= 11 is 0. The molecule has 220 valence electrons. The zero-order valence-corrected chi connectivity index (χ0v) is 25.9. The minimum Gasteiger partial charge on any atom is -0.309 e. The van der Waals surface area contributed by atoms with Crippen molar-refractivity contribution in [2.24, 2.45) is 0 Å². The zero-order chi connectivity index (χ0) is 30.6. The molecule has 0 radical (unpaired) electrons. The molecule has 2 nitrogen and oxygen atoms in total. The van der Waals surface area contributed by atoms with E-state index in [2.05, 4.69) is 168 Å². The quantitative estimate of drug-likeness (QED) is 0.182. The van der Waals surface area contributed by atoms with Crippen molar-refractivity contribution in [3.8, 4) is 22.5 Å². The number of aryl methyl sites for hydroxylation is 1. The molecule has 2 heterocycles. The summed E-state index contributed by atoms with van der Waals surface area (Å²) in [5.74, 6) is 0. The third-order valence-corrected chi connectivity index (χ3v) is 9.66. The van der Waals surface area contributed by atoms with Crippen LogP contribution in [0, 0.1) is 0 Å². The standard InChI is InChI=1S/C44H34N2/c1-2-3-11-30-12-10-15-35(26-30)45-42-19-9-7-17-38(42)40-28-33(22-25-43(40)45)34-21-24-39-37-16-6-8-18-41(37)46(44(39)29-34)36-23-20-31-13-4-5-14-32(31)27-36/h4-10,12-29H,2-3,11H2,1H3. The summed E-state index contributed by atoms with van der Waals surface area (Å²) in [6.07, 6.45) is 3.53. The van der Waals surface area contributed by atoms with Crippen LogP contribution in [-0.4, -0.2) is 9.13 Å². The van der Waals surface area contributed by atoms with Crippen molar-refractivity contribution in [2.45, 2.75) is 26.2 Å². The van der Waals surface area contributed by atoms with Crippen molar-refractivity contribution in [3.63, 3.8) is 0 Å². The minimum absolute atomic E-state index is 1.12. The van der Waals surface area contributed by atoms with E-state index in [0.29, 0.717) is 0 Å². The second kappa shape index (κ2) is 10.8. The highest BCUT2D eigenvalue weighted by atomic mass is 15.0. The molecular formula is C44H34N2. The van der Waals surface area contributed by atoms with Crippen LogP contribution >= 0.6 is 0 Å². The lowest BCUT2D eigenvalue weighted by molar-refractivity contribution is 0.794. The molecule has 2 heteroatoms. The Bertz CT molecular complexity index is 2580. The monoisotopic (exact) mass is 590 g/mol. The van der Waals surface area contributed by atoms with E-state index in [4.69, 9.17) is 0 Å². The number of aromatic nitrogens is 2. The highest BCUT2D eigenvalue weighted by Gasteiger charge is 2.16. The smallest absolute Gasteiger partial charge is 0.0547 e. The predicted molar refractivity (Wildman–Crippen MR) is 197 cm³/mol. The first-order chi connectivity index (χ1) is 22.8. The lowest BCUT2D eigenvalue weighted by Crippen LogP contribution is -1.95. The Labute approximate surface area is 268 Å². The molecule has 0 fully saturated rings. The third kappa shape index (κ3) is 4.25. The van der Waals surface area contributed by atoms with Gasteiger partial charge in [-0.25, -0.2) is 0 Å². The van der Waals surface area contributed by atoms with Crippen molar-refractivity contribution in [3.05, 3.63) is 157 Å². The number of hydrogen-bond acceptors (Lipinski definition) is 0. The van der Waals surface area contributed by atoms with Crippen LogP contribution in [0.15, 0.2) is 152 Å². The molecule has 0 unspecified atom stereocenters. The molecule has 0 aliphatic rings. The van der Waals surface area contributed by atoms with E-state index in [1.165, 1.54) is 95.3 Å². The van der Waals surface area contributed by atoms with Gasteiger partial charge in [-0.05, 0) is 94.9 Å². The molecule has 0 spiro atoms. The van der Waals surface area contributed by atoms with Crippen molar-refractivity contribution < 1.29 is 0 Å². The molecule has 2 aromatic heterocycles. The Morgan fingerprint density at radius 3 is 1.87 bits per heavy atom. The lowest BCUT2D eigenvalue weighted by Gasteiger charge is -2.11. The Morgan fingerprint density at radius 2 is 1.04 bits per heavy atom. The Balaban J connectivity index is 1.23. The van der Waals surface area contributed by atoms with Gasteiger partial charge in [0.1, 0.15) is 0 Å². The molecule has 0 aliphatic heterocycles. The second-order valence-electron chi connectivity index (χ2n) is 12.5. The van der Waals surface area contributed by atoms with E-state index in [-0.39, 0.29) is 0 Å². The molecule has 9 aromatic rings. The maximum absolute atomic E-state index is 2.44. The summed E-state index contributed by atoms with van der Waals surface area (Å²) in [7, 11) is 0. The van der Waals surface area contributed by atoms with Gasteiger partial charge in [-0.2, -0.15) is 0 Å². The van der Waals surface area contributed by atoms with Crippen molar-refractivity contribution >= 4 is 54.4 Å². The number of benzene rings is 7. The molecule has 0 saturated carbocycles. The Morgan fingerprint density at radius 1 is 0.413 bits per heavy atom. The van der Waals surface area contributed by atoms with Gasteiger partial charge in [0.15, 0.2) is 0 Å². The molecule has 0 amide bonds. The van der Waals surface area contributed by atoms with Crippen LogP contribution in [0.1, 0.15) is 25.3 Å². The van der Waals surface area contributed by atoms with Gasteiger partial charge in [0.25, 0.3) is 0 Å². The van der Waals surface area contributed by atoms with E-state index in [1.54, 1.807) is 0 Å². The summed E-state index contributed by atoms with van der Waals surface area (Å²) in [5, 5.41) is 7.62. The van der Waals surface area contributed by atoms with E-state index in [1.807, 2.05) is 0 Å². The molecular weight excluding hydrogens is 556 g/mol. The second-order valence-corrected chi connectivity index (χ2v) is 12.5. The van der Waals surface area contributed by atoms with Crippen LogP contribution < -0.4 is 0 Å². The van der Waals surface area contributed by atoms with E-state index in [0.717, 1.165) is 6.42 Å². The van der Waals surface area contributed by atoms with Crippen LogP contribution in [0.5, 0.6) is 0 Å². The molecule has 0 bridgehead atoms. The van der Waals surface area contributed by atoms with E-state index < -0.39 is 0 Å². The normalized spacial score (nSPS) is 11.8. The third-order valence-electron chi connectivity index (χ3n) is 9.66. The fraction of sp³-hybridized carbons (Fsp3) is 0.0909. The van der Waals surface area contributed by atoms with Gasteiger partial charge in [-0.15, -0.1) is 0 Å². The number of unbranched alkanes of at least 4 members (excludes halogenated alkanes) is 1. The van der Waals surface area contributed by atoms with Gasteiger partial charge in [0.05, 0.1) is 22.1 Å². The molecule has 9 rings (SSSR count). The van der Waals surface area contributed by atoms with Crippen molar-refractivity contribution in [2.75, 3.05) is 0 Å². The maximum atomic E-state index is 2.44. The summed E-state index contributed by atoms with van der Waals surface area (Å²) in [4.78, 5) is 0. The van der Waals surface area contributed by atoms with Crippen LogP contribution in [0.4, 0.5) is 0 Å². The largest absolute Gasteiger partial charge is 0.309 e. The van der Waals surface area contributed by atoms with Crippen LogP contribution in [0.3, 0.4) is 0 Å². The Kier molecular flexibility index (Phi) is 6.28. The van der Waals surface area contributed by atoms with Crippen molar-refractivity contribution in [1.82, 2.24) is 9.13 Å². The topological polar surface area (TPSA) is 9.86 Å². The van der Waals surface area contributed by atoms with Gasteiger partial charge in [0, 0.05) is 32.9 Å². The average molecular weight is 591 g/mol. The number of nitrogens with zero attached hydrogens (tertiary/aromatic N) is 2. The van der Waals surface area contributed by atoms with Gasteiger partial charge in [-0.1, -0.05) is 110 Å². The first-order valence-corrected chi connectivity index (χ1v) is 16.4. The maximum Gasteiger partial charge on any atom is 0.0547 e. The highest BCUT2D eigenvalue weighted by Crippen LogP contribution is 2.38. The highest BCUT2D eigenvalue weighted by molar-refractivity contribution is 6.12. The zero-order valence-electron chi connectivity index (χ0n) is 25.9. The first kappa shape index (κ1) is 26.8. The number of fused-ring (bicyclic) bond motifs is 7. The molecule has 0 N–H and O–H groups in total. The summed E-state index contributed by atoms with van der Waals surface area (Å²) < 4.78 is 4.86. The van der Waals surface area contributed by atoms with E-state index in [9.17, 15) is 0 Å².